The average Bonchev–Trinajstić information content (AvgIpc) is 2.39. The molecule has 0 atom stereocenters. The zero-order valence-corrected chi connectivity index (χ0v) is 11.5. The van der Waals surface area contributed by atoms with E-state index in [2.05, 4.69) is 15.9 Å². The number of carbonyl (C=O) groups is 1. The summed E-state index contributed by atoms with van der Waals surface area (Å²) in [7, 11) is 0. The number of nitro groups is 1. The van der Waals surface area contributed by atoms with Gasteiger partial charge in [-0.2, -0.15) is 0 Å². The summed E-state index contributed by atoms with van der Waals surface area (Å²) in [5, 5.41) is 10.5. The molecule has 0 radical (unpaired) electrons. The first kappa shape index (κ1) is 13.4. The summed E-state index contributed by atoms with van der Waals surface area (Å²) in [6.45, 7) is 0. The minimum atomic E-state index is -0.458. The van der Waals surface area contributed by atoms with Crippen molar-refractivity contribution in [2.75, 3.05) is 0 Å². The summed E-state index contributed by atoms with van der Waals surface area (Å²) in [4.78, 5) is 22.1. The van der Waals surface area contributed by atoms with Crippen molar-refractivity contribution in [2.24, 2.45) is 0 Å². The van der Waals surface area contributed by atoms with Gasteiger partial charge >= 0.3 is 0 Å². The first-order valence-corrected chi connectivity index (χ1v) is 6.37. The molecule has 19 heavy (non-hydrogen) atoms. The van der Waals surface area contributed by atoms with Crippen LogP contribution in [0.3, 0.4) is 0 Å². The largest absolute Gasteiger partial charge is 0.294 e. The Hall–Kier alpha value is -2.01. The molecule has 0 spiro atoms. The number of hydrogen-bond acceptors (Lipinski definition) is 3. The second kappa shape index (κ2) is 5.75. The first-order chi connectivity index (χ1) is 9.06. The van der Waals surface area contributed by atoms with Crippen LogP contribution in [-0.2, 0) is 6.42 Å². The van der Waals surface area contributed by atoms with E-state index in [4.69, 9.17) is 0 Å². The van der Waals surface area contributed by atoms with Gasteiger partial charge in [0.15, 0.2) is 5.78 Å². The number of Topliss-reactive ketones (excluding diaryl/α,β-unsaturated/α-hetero) is 1. The molecule has 5 heteroatoms. The molecule has 0 saturated heterocycles. The monoisotopic (exact) mass is 319 g/mol. The summed E-state index contributed by atoms with van der Waals surface area (Å²) < 4.78 is 0.849. The van der Waals surface area contributed by atoms with Gasteiger partial charge in [0.05, 0.1) is 4.92 Å². The van der Waals surface area contributed by atoms with Gasteiger partial charge in [0.2, 0.25) is 0 Å². The summed E-state index contributed by atoms with van der Waals surface area (Å²) >= 11 is 3.31. The number of nitrogens with zero attached hydrogens (tertiary/aromatic N) is 1. The van der Waals surface area contributed by atoms with Crippen LogP contribution >= 0.6 is 15.9 Å². The Morgan fingerprint density at radius 3 is 2.42 bits per heavy atom. The molecule has 0 amide bonds. The van der Waals surface area contributed by atoms with Gasteiger partial charge in [-0.05, 0) is 17.7 Å². The van der Waals surface area contributed by atoms with E-state index < -0.39 is 4.92 Å². The highest BCUT2D eigenvalue weighted by molar-refractivity contribution is 9.10. The maximum absolute atomic E-state index is 12.0. The third-order valence-electron chi connectivity index (χ3n) is 2.66. The molecule has 0 aromatic heterocycles. The van der Waals surface area contributed by atoms with E-state index in [-0.39, 0.29) is 17.9 Å². The summed E-state index contributed by atoms with van der Waals surface area (Å²) in [6.07, 6.45) is 0.231. The van der Waals surface area contributed by atoms with Crippen LogP contribution < -0.4 is 0 Å². The molecule has 0 N–H and O–H groups in total. The van der Waals surface area contributed by atoms with Gasteiger partial charge in [-0.25, -0.2) is 0 Å². The molecular formula is C14H10BrNO3. The Balaban J connectivity index is 2.13. The molecule has 2 rings (SSSR count). The van der Waals surface area contributed by atoms with Gasteiger partial charge in [-0.1, -0.05) is 40.2 Å². The van der Waals surface area contributed by atoms with Gasteiger partial charge in [-0.15, -0.1) is 0 Å². The Kier molecular flexibility index (Phi) is 4.06. The number of hydrogen-bond donors (Lipinski definition) is 0. The normalized spacial score (nSPS) is 10.2. The molecule has 4 nitrogen and oxygen atoms in total. The predicted octanol–water partition coefficient (Wildman–Crippen LogP) is 3.78. The molecule has 0 fully saturated rings. The molecule has 0 aliphatic rings. The zero-order chi connectivity index (χ0) is 13.8. The maximum atomic E-state index is 12.0. The number of rotatable bonds is 4. The van der Waals surface area contributed by atoms with Crippen molar-refractivity contribution < 1.29 is 9.72 Å². The van der Waals surface area contributed by atoms with Crippen molar-refractivity contribution in [3.63, 3.8) is 0 Å². The fraction of sp³-hybridized carbons (Fsp3) is 0.0714. The van der Waals surface area contributed by atoms with Gasteiger partial charge in [0, 0.05) is 28.6 Å². The van der Waals surface area contributed by atoms with Crippen molar-refractivity contribution in [3.05, 3.63) is 74.2 Å². The van der Waals surface area contributed by atoms with Crippen LogP contribution in [-0.4, -0.2) is 10.7 Å². The minimum Gasteiger partial charge on any atom is -0.294 e. The van der Waals surface area contributed by atoms with Crippen LogP contribution in [0, 0.1) is 10.1 Å². The van der Waals surface area contributed by atoms with Crippen molar-refractivity contribution in [1.29, 1.82) is 0 Å². The number of non-ortho nitro benzene ring substituents is 1. The van der Waals surface area contributed by atoms with E-state index in [1.807, 2.05) is 6.07 Å². The molecule has 2 aromatic carbocycles. The zero-order valence-electron chi connectivity index (χ0n) is 9.88. The quantitative estimate of drug-likeness (QED) is 0.489. The van der Waals surface area contributed by atoms with Crippen LogP contribution in [0.15, 0.2) is 53.0 Å². The predicted molar refractivity (Wildman–Crippen MR) is 75.3 cm³/mol. The SMILES string of the molecule is O=C(Cc1ccc([N+](=O)[O-])cc1)c1cccc(Br)c1. The Bertz CT molecular complexity index is 623. The van der Waals surface area contributed by atoms with Gasteiger partial charge < -0.3 is 0 Å². The lowest BCUT2D eigenvalue weighted by Gasteiger charge is -2.02. The lowest BCUT2D eigenvalue weighted by Crippen LogP contribution is -2.03. The highest BCUT2D eigenvalue weighted by atomic mass is 79.9. The second-order valence-electron chi connectivity index (χ2n) is 4.03. The smallest absolute Gasteiger partial charge is 0.269 e. The lowest BCUT2D eigenvalue weighted by molar-refractivity contribution is -0.384. The fourth-order valence-electron chi connectivity index (χ4n) is 1.68. The maximum Gasteiger partial charge on any atom is 0.269 e. The van der Waals surface area contributed by atoms with Crippen LogP contribution in [0.1, 0.15) is 15.9 Å². The van der Waals surface area contributed by atoms with Crippen molar-refractivity contribution in [3.8, 4) is 0 Å². The molecule has 2 aromatic rings. The van der Waals surface area contributed by atoms with E-state index >= 15 is 0 Å². The van der Waals surface area contributed by atoms with E-state index in [0.717, 1.165) is 10.0 Å². The van der Waals surface area contributed by atoms with Crippen LogP contribution in [0.5, 0.6) is 0 Å². The second-order valence-corrected chi connectivity index (χ2v) is 4.95. The fourth-order valence-corrected chi connectivity index (χ4v) is 2.08. The average molecular weight is 320 g/mol. The minimum absolute atomic E-state index is 0.0184. The number of carbonyl (C=O) groups excluding carboxylic acids is 1. The standard InChI is InChI=1S/C14H10BrNO3/c15-12-3-1-2-11(9-12)14(17)8-10-4-6-13(7-5-10)16(18)19/h1-7,9H,8H2. The lowest BCUT2D eigenvalue weighted by atomic mass is 10.0. The molecule has 0 aliphatic heterocycles. The van der Waals surface area contributed by atoms with Crippen LogP contribution in [0.2, 0.25) is 0 Å². The molecule has 0 heterocycles. The van der Waals surface area contributed by atoms with E-state index in [1.165, 1.54) is 12.1 Å². The first-order valence-electron chi connectivity index (χ1n) is 5.58. The van der Waals surface area contributed by atoms with Gasteiger partial charge in [-0.3, -0.25) is 14.9 Å². The molecule has 0 bridgehead atoms. The van der Waals surface area contributed by atoms with Crippen molar-refractivity contribution >= 4 is 27.4 Å². The molecular weight excluding hydrogens is 310 g/mol. The molecule has 0 aliphatic carbocycles. The van der Waals surface area contributed by atoms with Crippen LogP contribution in [0.25, 0.3) is 0 Å². The van der Waals surface area contributed by atoms with E-state index in [0.29, 0.717) is 5.56 Å². The summed E-state index contributed by atoms with van der Waals surface area (Å²) in [6, 6.07) is 13.2. The number of nitro benzene ring substituents is 1. The van der Waals surface area contributed by atoms with Crippen molar-refractivity contribution in [1.82, 2.24) is 0 Å². The third-order valence-corrected chi connectivity index (χ3v) is 3.15. The highest BCUT2D eigenvalue weighted by Crippen LogP contribution is 2.16. The molecule has 0 saturated carbocycles. The highest BCUT2D eigenvalue weighted by Gasteiger charge is 2.09. The van der Waals surface area contributed by atoms with E-state index in [1.54, 1.807) is 30.3 Å². The number of halogens is 1. The number of benzene rings is 2. The summed E-state index contributed by atoms with van der Waals surface area (Å²) in [5.41, 5.74) is 1.40. The number of ketones is 1. The Labute approximate surface area is 118 Å². The topological polar surface area (TPSA) is 60.2 Å². The Morgan fingerprint density at radius 1 is 1.16 bits per heavy atom. The third kappa shape index (κ3) is 3.48. The van der Waals surface area contributed by atoms with Gasteiger partial charge in [0.25, 0.3) is 5.69 Å². The van der Waals surface area contributed by atoms with Crippen LogP contribution in [0.4, 0.5) is 5.69 Å². The summed E-state index contributed by atoms with van der Waals surface area (Å²) in [5.74, 6) is -0.0184. The molecule has 0 unspecified atom stereocenters. The Morgan fingerprint density at radius 2 is 1.84 bits per heavy atom. The van der Waals surface area contributed by atoms with Crippen molar-refractivity contribution in [2.45, 2.75) is 6.42 Å². The van der Waals surface area contributed by atoms with Gasteiger partial charge in [0.1, 0.15) is 0 Å². The van der Waals surface area contributed by atoms with E-state index in [9.17, 15) is 14.9 Å². The molecule has 96 valence electrons.